The summed E-state index contributed by atoms with van der Waals surface area (Å²) in [5.74, 6) is -0.0718. The predicted octanol–water partition coefficient (Wildman–Crippen LogP) is 1.67. The van der Waals surface area contributed by atoms with Crippen LogP contribution in [0.4, 0.5) is 0 Å². The van der Waals surface area contributed by atoms with Crippen molar-refractivity contribution in [3.8, 4) is 0 Å². The van der Waals surface area contributed by atoms with Crippen LogP contribution in [0.1, 0.15) is 10.4 Å². The molecule has 0 atom stereocenters. The molecule has 1 aromatic rings. The normalized spacial score (nSPS) is 9.83. The summed E-state index contributed by atoms with van der Waals surface area (Å²) in [5, 5.41) is 0. The zero-order chi connectivity index (χ0) is 8.97. The van der Waals surface area contributed by atoms with Crippen molar-refractivity contribution in [3.05, 3.63) is 28.5 Å². The maximum atomic E-state index is 11.3. The van der Waals surface area contributed by atoms with E-state index in [9.17, 15) is 4.79 Å². The van der Waals surface area contributed by atoms with Crippen molar-refractivity contribution in [2.45, 2.75) is 0 Å². The van der Waals surface area contributed by atoms with Gasteiger partial charge in [0.05, 0.1) is 5.56 Å². The molecule has 3 nitrogen and oxygen atoms in total. The van der Waals surface area contributed by atoms with Gasteiger partial charge in [-0.05, 0) is 28.1 Å². The molecule has 0 aliphatic heterocycles. The van der Waals surface area contributed by atoms with Gasteiger partial charge in [0.1, 0.15) is 11.2 Å². The van der Waals surface area contributed by atoms with Crippen molar-refractivity contribution in [2.75, 3.05) is 13.7 Å². The van der Waals surface area contributed by atoms with Crippen molar-refractivity contribution in [2.24, 2.45) is 0 Å². The molecule has 1 aromatic heterocycles. The number of carbonyl (C=O) groups excluding carboxylic acids is 1. The summed E-state index contributed by atoms with van der Waals surface area (Å²) >= 11 is 3.18. The number of halogens is 1. The predicted molar refractivity (Wildman–Crippen MR) is 48.1 cm³/mol. The fourth-order valence-corrected chi connectivity index (χ4v) is 1.27. The summed E-state index contributed by atoms with van der Waals surface area (Å²) in [7, 11) is 1.49. The van der Waals surface area contributed by atoms with Crippen LogP contribution in [0.2, 0.25) is 0 Å². The number of aromatic nitrogens is 1. The van der Waals surface area contributed by atoms with E-state index in [1.165, 1.54) is 7.11 Å². The summed E-state index contributed by atoms with van der Waals surface area (Å²) < 4.78 is 5.28. The quantitative estimate of drug-likeness (QED) is 0.585. The lowest BCUT2D eigenvalue weighted by Gasteiger charge is -2.00. The van der Waals surface area contributed by atoms with Crippen LogP contribution in [-0.4, -0.2) is 24.5 Å². The summed E-state index contributed by atoms with van der Waals surface area (Å²) in [6, 6.07) is 3.42. The van der Waals surface area contributed by atoms with Gasteiger partial charge in [0.15, 0.2) is 5.78 Å². The van der Waals surface area contributed by atoms with Gasteiger partial charge in [-0.25, -0.2) is 4.98 Å². The van der Waals surface area contributed by atoms with E-state index in [0.29, 0.717) is 10.2 Å². The van der Waals surface area contributed by atoms with Crippen LogP contribution < -0.4 is 0 Å². The third-order valence-corrected chi connectivity index (χ3v) is 1.97. The Morgan fingerprint density at radius 3 is 3.08 bits per heavy atom. The summed E-state index contributed by atoms with van der Waals surface area (Å²) in [6.07, 6.45) is 1.62. The van der Waals surface area contributed by atoms with E-state index in [1.54, 1.807) is 18.3 Å². The van der Waals surface area contributed by atoms with E-state index in [4.69, 9.17) is 4.74 Å². The number of carbonyl (C=O) groups is 1. The summed E-state index contributed by atoms with van der Waals surface area (Å²) in [5.41, 5.74) is 0.555. The average molecular weight is 230 g/mol. The Labute approximate surface area is 78.9 Å². The third-order valence-electron chi connectivity index (χ3n) is 1.33. The van der Waals surface area contributed by atoms with Crippen LogP contribution in [-0.2, 0) is 4.74 Å². The number of nitrogens with zero attached hydrogens (tertiary/aromatic N) is 1. The van der Waals surface area contributed by atoms with Gasteiger partial charge in [-0.2, -0.15) is 0 Å². The van der Waals surface area contributed by atoms with Gasteiger partial charge in [0.2, 0.25) is 0 Å². The van der Waals surface area contributed by atoms with Crippen LogP contribution in [0, 0.1) is 0 Å². The lowest BCUT2D eigenvalue weighted by molar-refractivity contribution is 0.0847. The highest BCUT2D eigenvalue weighted by molar-refractivity contribution is 9.10. The van der Waals surface area contributed by atoms with Crippen molar-refractivity contribution in [1.82, 2.24) is 4.98 Å². The molecule has 0 amide bonds. The van der Waals surface area contributed by atoms with Crippen LogP contribution in [0.5, 0.6) is 0 Å². The first kappa shape index (κ1) is 9.35. The fourth-order valence-electron chi connectivity index (χ4n) is 0.803. The average Bonchev–Trinajstić information content (AvgIpc) is 2.05. The monoisotopic (exact) mass is 229 g/mol. The second-order valence-corrected chi connectivity index (χ2v) is 2.95. The molecular weight excluding hydrogens is 222 g/mol. The number of hydrogen-bond donors (Lipinski definition) is 0. The van der Waals surface area contributed by atoms with Crippen LogP contribution in [0.3, 0.4) is 0 Å². The van der Waals surface area contributed by atoms with Crippen molar-refractivity contribution >= 4 is 21.7 Å². The molecule has 0 fully saturated rings. The molecule has 0 unspecified atom stereocenters. The standard InChI is InChI=1S/C8H8BrNO2/c1-12-5-7(11)6-3-2-4-10-8(6)9/h2-4H,5H2,1H3. The number of ether oxygens (including phenoxy) is 1. The van der Waals surface area contributed by atoms with Gasteiger partial charge in [0.25, 0.3) is 0 Å². The zero-order valence-electron chi connectivity index (χ0n) is 6.58. The minimum absolute atomic E-state index is 0.0718. The third kappa shape index (κ3) is 2.12. The Morgan fingerprint density at radius 2 is 2.50 bits per heavy atom. The first-order valence-electron chi connectivity index (χ1n) is 3.38. The Balaban J connectivity index is 2.87. The topological polar surface area (TPSA) is 39.2 Å². The highest BCUT2D eigenvalue weighted by Crippen LogP contribution is 2.12. The SMILES string of the molecule is COCC(=O)c1cccnc1Br. The smallest absolute Gasteiger partial charge is 0.191 e. The maximum absolute atomic E-state index is 11.3. The first-order chi connectivity index (χ1) is 5.75. The lowest BCUT2D eigenvalue weighted by Crippen LogP contribution is -2.08. The second-order valence-electron chi connectivity index (χ2n) is 2.20. The molecule has 0 aliphatic rings. The largest absolute Gasteiger partial charge is 0.377 e. The van der Waals surface area contributed by atoms with E-state index < -0.39 is 0 Å². The fraction of sp³-hybridized carbons (Fsp3) is 0.250. The number of ketones is 1. The van der Waals surface area contributed by atoms with E-state index >= 15 is 0 Å². The molecule has 0 bridgehead atoms. The Kier molecular flexibility index (Phi) is 3.37. The molecule has 12 heavy (non-hydrogen) atoms. The van der Waals surface area contributed by atoms with E-state index in [1.807, 2.05) is 0 Å². The van der Waals surface area contributed by atoms with Crippen LogP contribution in [0.25, 0.3) is 0 Å². The number of Topliss-reactive ketones (excluding diaryl/α,β-unsaturated/α-hetero) is 1. The van der Waals surface area contributed by atoms with Crippen molar-refractivity contribution < 1.29 is 9.53 Å². The van der Waals surface area contributed by atoms with Gasteiger partial charge in [-0.3, -0.25) is 4.79 Å². The van der Waals surface area contributed by atoms with E-state index in [0.717, 1.165) is 0 Å². The summed E-state index contributed by atoms with van der Waals surface area (Å²) in [4.78, 5) is 15.2. The molecule has 1 rings (SSSR count). The van der Waals surface area contributed by atoms with Gasteiger partial charge < -0.3 is 4.74 Å². The highest BCUT2D eigenvalue weighted by atomic mass is 79.9. The number of hydrogen-bond acceptors (Lipinski definition) is 3. The number of pyridine rings is 1. The van der Waals surface area contributed by atoms with Crippen LogP contribution >= 0.6 is 15.9 Å². The molecule has 1 heterocycles. The Bertz CT molecular complexity index is 288. The highest BCUT2D eigenvalue weighted by Gasteiger charge is 2.08. The molecule has 0 saturated heterocycles. The van der Waals surface area contributed by atoms with Crippen molar-refractivity contribution in [3.63, 3.8) is 0 Å². The zero-order valence-corrected chi connectivity index (χ0v) is 8.17. The van der Waals surface area contributed by atoms with Gasteiger partial charge in [-0.1, -0.05) is 0 Å². The molecule has 64 valence electrons. The lowest BCUT2D eigenvalue weighted by atomic mass is 10.2. The van der Waals surface area contributed by atoms with E-state index in [-0.39, 0.29) is 12.4 Å². The second kappa shape index (κ2) is 4.33. The van der Waals surface area contributed by atoms with Gasteiger partial charge in [-0.15, -0.1) is 0 Å². The number of methoxy groups -OCH3 is 1. The molecule has 0 N–H and O–H groups in total. The minimum Gasteiger partial charge on any atom is -0.377 e. The molecule has 0 radical (unpaired) electrons. The van der Waals surface area contributed by atoms with Crippen LogP contribution in [0.15, 0.2) is 22.9 Å². The number of rotatable bonds is 3. The Morgan fingerprint density at radius 1 is 1.75 bits per heavy atom. The molecule has 0 aliphatic carbocycles. The molecule has 4 heteroatoms. The van der Waals surface area contributed by atoms with Gasteiger partial charge in [0, 0.05) is 13.3 Å². The Hall–Kier alpha value is -0.740. The molecular formula is C8H8BrNO2. The molecule has 0 aromatic carbocycles. The van der Waals surface area contributed by atoms with Crippen molar-refractivity contribution in [1.29, 1.82) is 0 Å². The summed E-state index contributed by atoms with van der Waals surface area (Å²) in [6.45, 7) is 0.0876. The molecule has 0 saturated carbocycles. The first-order valence-corrected chi connectivity index (χ1v) is 4.17. The molecule has 0 spiro atoms. The van der Waals surface area contributed by atoms with E-state index in [2.05, 4.69) is 20.9 Å². The minimum atomic E-state index is -0.0718. The maximum Gasteiger partial charge on any atom is 0.191 e. The van der Waals surface area contributed by atoms with Gasteiger partial charge >= 0.3 is 0 Å².